The predicted molar refractivity (Wildman–Crippen MR) is 191 cm³/mol. The Bertz CT molecular complexity index is 1720. The highest BCUT2D eigenvalue weighted by Gasteiger charge is 2.41. The molecule has 0 radical (unpaired) electrons. The third kappa shape index (κ3) is 8.20. The van der Waals surface area contributed by atoms with Gasteiger partial charge in [-0.15, -0.1) is 0 Å². The lowest BCUT2D eigenvalue weighted by Gasteiger charge is -2.23. The fourth-order valence-electron chi connectivity index (χ4n) is 4.91. The molecule has 0 bridgehead atoms. The molecule has 1 aliphatic carbocycles. The van der Waals surface area contributed by atoms with Crippen LogP contribution in [-0.4, -0.2) is 53.7 Å². The van der Waals surface area contributed by atoms with E-state index in [1.165, 1.54) is 0 Å². The molecule has 1 N–H and O–H groups in total. The number of carboxylic acid groups (broad SMARTS) is 1. The number of carboxylic acids is 1. The summed E-state index contributed by atoms with van der Waals surface area (Å²) < 4.78 is -2.64. The van der Waals surface area contributed by atoms with Crippen molar-refractivity contribution in [2.45, 2.75) is 34.1 Å². The van der Waals surface area contributed by atoms with E-state index in [4.69, 9.17) is 144 Å². The molecule has 0 saturated heterocycles. The van der Waals surface area contributed by atoms with E-state index in [0.717, 1.165) is 0 Å². The zero-order chi connectivity index (χ0) is 35.6. The lowest BCUT2D eigenvalue weighted by Crippen LogP contribution is -2.31. The number of aromatic nitrogens is 6. The van der Waals surface area contributed by atoms with Gasteiger partial charge >= 0.3 is 5.97 Å². The zero-order valence-corrected chi connectivity index (χ0v) is 32.4. The Balaban J connectivity index is 1.72. The SMILES string of the molecule is CCOC(C(=O)O)C1c2cc(-c3nc(C(Cl)(Cl)Cl)nc(C(Cl)(Cl)Cl)n3)ccc2-c2ccc(-c3nc(C(Cl)(Cl)Cl)nc(C(Cl)(Cl)Cl)n3)cc21. The van der Waals surface area contributed by atoms with Crippen LogP contribution in [0.15, 0.2) is 36.4 Å². The van der Waals surface area contributed by atoms with Crippen LogP contribution in [0.5, 0.6) is 0 Å². The highest BCUT2D eigenvalue weighted by atomic mass is 35.6. The van der Waals surface area contributed by atoms with E-state index >= 15 is 0 Å². The molecule has 1 aliphatic rings. The number of fused-ring (bicyclic) bond motifs is 3. The van der Waals surface area contributed by atoms with Crippen LogP contribution in [0.25, 0.3) is 33.9 Å². The van der Waals surface area contributed by atoms with E-state index < -0.39 is 33.2 Å². The monoisotopic (exact) mass is 890 g/mol. The van der Waals surface area contributed by atoms with Crippen LogP contribution in [0.4, 0.5) is 0 Å². The summed E-state index contributed by atoms with van der Waals surface area (Å²) in [5.41, 5.74) is 3.13. The Morgan fingerprint density at radius 3 is 1.25 bits per heavy atom. The number of halogens is 12. The first-order valence-corrected chi connectivity index (χ1v) is 17.6. The zero-order valence-electron chi connectivity index (χ0n) is 23.3. The molecule has 0 amide bonds. The Morgan fingerprint density at radius 1 is 0.646 bits per heavy atom. The third-order valence-electron chi connectivity index (χ3n) is 6.76. The first kappa shape index (κ1) is 38.6. The topological polar surface area (TPSA) is 124 Å². The van der Waals surface area contributed by atoms with Gasteiger partial charge in [-0.25, -0.2) is 34.7 Å². The van der Waals surface area contributed by atoms with E-state index in [2.05, 4.69) is 29.9 Å². The predicted octanol–water partition coefficient (Wildman–Crippen LogP) is 10.3. The van der Waals surface area contributed by atoms with Gasteiger partial charge in [0.15, 0.2) is 41.1 Å². The summed E-state index contributed by atoms with van der Waals surface area (Å²) in [5, 5.41) is 10.3. The number of carbonyl (C=O) groups is 1. The van der Waals surface area contributed by atoms with Gasteiger partial charge in [-0.3, -0.25) is 0 Å². The summed E-state index contributed by atoms with van der Waals surface area (Å²) in [4.78, 5) is 37.8. The van der Waals surface area contributed by atoms with Gasteiger partial charge in [0.05, 0.1) is 0 Å². The van der Waals surface area contributed by atoms with Crippen LogP contribution in [0, 0.1) is 0 Å². The average Bonchev–Trinajstić information content (AvgIpc) is 3.30. The van der Waals surface area contributed by atoms with E-state index in [1.807, 2.05) is 0 Å². The van der Waals surface area contributed by atoms with E-state index in [9.17, 15) is 9.90 Å². The normalized spacial score (nSPS) is 14.5. The number of hydrogen-bond donors (Lipinski definition) is 1. The molecule has 2 aromatic heterocycles. The number of hydrogen-bond acceptors (Lipinski definition) is 8. The van der Waals surface area contributed by atoms with Crippen LogP contribution >= 0.6 is 139 Å². The number of benzene rings is 2. The van der Waals surface area contributed by atoms with Crippen molar-refractivity contribution in [1.29, 1.82) is 0 Å². The molecular formula is C27H14Cl12N6O3. The van der Waals surface area contributed by atoms with Gasteiger partial charge < -0.3 is 9.84 Å². The molecule has 2 heterocycles. The summed E-state index contributed by atoms with van der Waals surface area (Å²) in [5.74, 6) is -3.37. The summed E-state index contributed by atoms with van der Waals surface area (Å²) in [6.07, 6.45) is -1.36. The minimum atomic E-state index is -2.10. The summed E-state index contributed by atoms with van der Waals surface area (Å²) in [6, 6.07) is 10.2. The lowest BCUT2D eigenvalue weighted by molar-refractivity contribution is -0.150. The molecule has 0 spiro atoms. The second-order valence-corrected chi connectivity index (χ2v) is 19.0. The van der Waals surface area contributed by atoms with Crippen molar-refractivity contribution in [2.75, 3.05) is 6.61 Å². The summed E-state index contributed by atoms with van der Waals surface area (Å²) in [6.45, 7) is 1.75. The summed E-state index contributed by atoms with van der Waals surface area (Å²) >= 11 is 72.9. The fraction of sp³-hybridized carbons (Fsp3) is 0.296. The van der Waals surface area contributed by atoms with Crippen LogP contribution < -0.4 is 0 Å². The summed E-state index contributed by atoms with van der Waals surface area (Å²) in [7, 11) is 0. The van der Waals surface area contributed by atoms with Crippen LogP contribution in [0.1, 0.15) is 47.3 Å². The van der Waals surface area contributed by atoms with Gasteiger partial charge in [-0.1, -0.05) is 163 Å². The molecule has 48 heavy (non-hydrogen) atoms. The molecule has 0 fully saturated rings. The highest BCUT2D eigenvalue weighted by Crippen LogP contribution is 2.50. The van der Waals surface area contributed by atoms with Crippen molar-refractivity contribution < 1.29 is 14.6 Å². The maximum atomic E-state index is 12.7. The van der Waals surface area contributed by atoms with Crippen molar-refractivity contribution in [1.82, 2.24) is 29.9 Å². The Hall–Kier alpha value is -0.630. The number of nitrogens with zero attached hydrogens (tertiary/aromatic N) is 6. The molecule has 1 unspecified atom stereocenters. The molecule has 21 heteroatoms. The quantitative estimate of drug-likeness (QED) is 0.188. The van der Waals surface area contributed by atoms with Gasteiger partial charge in [-0.2, -0.15) is 0 Å². The molecular weight excluding hydrogens is 882 g/mol. The number of aliphatic carboxylic acids is 1. The number of alkyl halides is 12. The maximum absolute atomic E-state index is 12.7. The molecule has 4 aromatic rings. The van der Waals surface area contributed by atoms with Crippen molar-refractivity contribution in [3.8, 4) is 33.9 Å². The van der Waals surface area contributed by atoms with Gasteiger partial charge in [-0.05, 0) is 41.3 Å². The minimum absolute atomic E-state index is 0.0159. The molecule has 254 valence electrons. The van der Waals surface area contributed by atoms with Crippen molar-refractivity contribution in [3.63, 3.8) is 0 Å². The first-order valence-electron chi connectivity index (χ1n) is 13.0. The van der Waals surface area contributed by atoms with Crippen LogP contribution in [-0.2, 0) is 24.7 Å². The average molecular weight is 896 g/mol. The van der Waals surface area contributed by atoms with Gasteiger partial charge in [0, 0.05) is 23.7 Å². The molecule has 2 aromatic carbocycles. The lowest BCUT2D eigenvalue weighted by atomic mass is 9.89. The molecule has 1 atom stereocenters. The van der Waals surface area contributed by atoms with Crippen molar-refractivity contribution in [2.24, 2.45) is 0 Å². The second kappa shape index (κ2) is 14.1. The molecule has 0 aliphatic heterocycles. The second-order valence-electron chi connectivity index (χ2n) is 9.90. The van der Waals surface area contributed by atoms with E-state index in [0.29, 0.717) is 33.4 Å². The van der Waals surface area contributed by atoms with Crippen molar-refractivity contribution >= 4 is 145 Å². The smallest absolute Gasteiger partial charge is 0.333 e. The number of ether oxygens (including phenoxy) is 1. The highest BCUT2D eigenvalue weighted by molar-refractivity contribution is 6.68. The first-order chi connectivity index (χ1) is 22.1. The van der Waals surface area contributed by atoms with Crippen LogP contribution in [0.2, 0.25) is 0 Å². The van der Waals surface area contributed by atoms with E-state index in [-0.39, 0.29) is 41.6 Å². The molecule has 5 rings (SSSR count). The molecule has 9 nitrogen and oxygen atoms in total. The Kier molecular flexibility index (Phi) is 11.3. The van der Waals surface area contributed by atoms with Crippen molar-refractivity contribution in [3.05, 3.63) is 70.8 Å². The maximum Gasteiger partial charge on any atom is 0.333 e. The number of rotatable bonds is 6. The Labute approximate surface area is 332 Å². The Morgan fingerprint density at radius 2 is 0.979 bits per heavy atom. The largest absolute Gasteiger partial charge is 0.479 e. The third-order valence-corrected chi connectivity index (χ3v) is 8.79. The van der Waals surface area contributed by atoms with Gasteiger partial charge in [0.1, 0.15) is 0 Å². The molecule has 0 saturated carbocycles. The van der Waals surface area contributed by atoms with E-state index in [1.54, 1.807) is 43.3 Å². The standard InChI is InChI=1S/C27H14Cl12N6O3/c1-2-48-16(19(46)47)15-13-7-9(17-40-20(24(28,29)30)44-21(41-17)25(31,32)33)3-5-11(13)12-6-4-10(8-14(12)15)18-42-22(26(34,35)36)45-23(43-18)27(37,38)39/h3-8,15-16H,2H2,1H3,(H,46,47). The fourth-order valence-corrected chi connectivity index (χ4v) is 5.92. The van der Waals surface area contributed by atoms with Gasteiger partial charge in [0.25, 0.3) is 0 Å². The van der Waals surface area contributed by atoms with Gasteiger partial charge in [0.2, 0.25) is 15.2 Å². The van der Waals surface area contributed by atoms with Crippen LogP contribution in [0.3, 0.4) is 0 Å². The minimum Gasteiger partial charge on any atom is -0.479 e.